The fourth-order valence-corrected chi connectivity index (χ4v) is 2.62. The van der Waals surface area contributed by atoms with Gasteiger partial charge in [-0.15, -0.1) is 24.0 Å². The normalized spacial score (nSPS) is 12.4. The van der Waals surface area contributed by atoms with Gasteiger partial charge in [0.25, 0.3) is 0 Å². The molecule has 0 aromatic heterocycles. The van der Waals surface area contributed by atoms with E-state index in [-0.39, 0.29) is 24.0 Å². The van der Waals surface area contributed by atoms with E-state index >= 15 is 0 Å². The van der Waals surface area contributed by atoms with Crippen LogP contribution in [0.1, 0.15) is 18.9 Å². The highest BCUT2D eigenvalue weighted by atomic mass is 127. The maximum atomic E-state index is 11.9. The second kappa shape index (κ2) is 12.1. The molecule has 0 bridgehead atoms. The average Bonchev–Trinajstić information content (AvgIpc) is 2.43. The topological polar surface area (TPSA) is 53.5 Å². The van der Waals surface area contributed by atoms with Crippen LogP contribution >= 0.6 is 24.0 Å². The molecule has 0 heterocycles. The third-order valence-corrected chi connectivity index (χ3v) is 3.87. The SMILES string of the molecule is CCCNC(=NC)NCCS(=O)Cc1ccccc1.I. The van der Waals surface area contributed by atoms with Gasteiger partial charge in [-0.25, -0.2) is 0 Å². The van der Waals surface area contributed by atoms with Crippen molar-refractivity contribution >= 4 is 40.7 Å². The van der Waals surface area contributed by atoms with E-state index in [4.69, 9.17) is 0 Å². The molecule has 0 aliphatic rings. The van der Waals surface area contributed by atoms with Crippen molar-refractivity contribution in [2.45, 2.75) is 19.1 Å². The van der Waals surface area contributed by atoms with Crippen LogP contribution in [0.2, 0.25) is 0 Å². The summed E-state index contributed by atoms with van der Waals surface area (Å²) in [6, 6.07) is 9.93. The molecule has 0 spiro atoms. The Kier molecular flexibility index (Phi) is 11.8. The Morgan fingerprint density at radius 2 is 1.85 bits per heavy atom. The van der Waals surface area contributed by atoms with Gasteiger partial charge in [0, 0.05) is 42.4 Å². The molecule has 0 fully saturated rings. The summed E-state index contributed by atoms with van der Waals surface area (Å²) < 4.78 is 11.9. The summed E-state index contributed by atoms with van der Waals surface area (Å²) in [6.45, 7) is 3.67. The molecule has 1 atom stereocenters. The van der Waals surface area contributed by atoms with Crippen LogP contribution in [0.5, 0.6) is 0 Å². The lowest BCUT2D eigenvalue weighted by Crippen LogP contribution is -2.39. The second-order valence-electron chi connectivity index (χ2n) is 4.20. The molecule has 0 aliphatic carbocycles. The van der Waals surface area contributed by atoms with Crippen molar-refractivity contribution in [1.82, 2.24) is 10.6 Å². The lowest BCUT2D eigenvalue weighted by Gasteiger charge is -2.10. The smallest absolute Gasteiger partial charge is 0.191 e. The molecule has 2 N–H and O–H groups in total. The van der Waals surface area contributed by atoms with Gasteiger partial charge in [-0.1, -0.05) is 37.3 Å². The minimum absolute atomic E-state index is 0. The number of rotatable bonds is 7. The fraction of sp³-hybridized carbons (Fsp3) is 0.500. The van der Waals surface area contributed by atoms with E-state index in [0.29, 0.717) is 18.1 Å². The van der Waals surface area contributed by atoms with Gasteiger partial charge < -0.3 is 10.6 Å². The number of benzene rings is 1. The molecule has 0 amide bonds. The number of guanidine groups is 1. The predicted octanol–water partition coefficient (Wildman–Crippen LogP) is 2.13. The monoisotopic (exact) mass is 409 g/mol. The number of nitrogens with one attached hydrogen (secondary N) is 2. The Morgan fingerprint density at radius 3 is 2.45 bits per heavy atom. The quantitative estimate of drug-likeness (QED) is 0.412. The summed E-state index contributed by atoms with van der Waals surface area (Å²) in [5, 5.41) is 6.35. The molecule has 1 unspecified atom stereocenters. The Hall–Kier alpha value is -0.630. The van der Waals surface area contributed by atoms with Crippen LogP contribution in [-0.2, 0) is 16.6 Å². The Morgan fingerprint density at radius 1 is 1.20 bits per heavy atom. The summed E-state index contributed by atoms with van der Waals surface area (Å²) in [6.07, 6.45) is 1.06. The lowest BCUT2D eigenvalue weighted by atomic mass is 10.2. The predicted molar refractivity (Wildman–Crippen MR) is 98.2 cm³/mol. The molecule has 1 aromatic carbocycles. The maximum absolute atomic E-state index is 11.9. The minimum atomic E-state index is -0.840. The first-order valence-corrected chi connectivity index (χ1v) is 8.08. The number of aliphatic imine (C=N–C) groups is 1. The van der Waals surface area contributed by atoms with E-state index in [2.05, 4.69) is 22.5 Å². The van der Waals surface area contributed by atoms with Crippen LogP contribution in [0.4, 0.5) is 0 Å². The lowest BCUT2D eigenvalue weighted by molar-refractivity contribution is 0.680. The summed E-state index contributed by atoms with van der Waals surface area (Å²) in [4.78, 5) is 4.10. The highest BCUT2D eigenvalue weighted by Gasteiger charge is 2.02. The van der Waals surface area contributed by atoms with Crippen molar-refractivity contribution in [1.29, 1.82) is 0 Å². The molecule has 114 valence electrons. The van der Waals surface area contributed by atoms with Gasteiger partial charge in [-0.2, -0.15) is 0 Å². The maximum Gasteiger partial charge on any atom is 0.191 e. The van der Waals surface area contributed by atoms with Crippen molar-refractivity contribution < 1.29 is 4.21 Å². The van der Waals surface area contributed by atoms with Crippen molar-refractivity contribution in [3.8, 4) is 0 Å². The first-order valence-electron chi connectivity index (χ1n) is 6.59. The molecule has 0 radical (unpaired) electrons. The van der Waals surface area contributed by atoms with Gasteiger partial charge in [0.15, 0.2) is 5.96 Å². The van der Waals surface area contributed by atoms with E-state index in [1.807, 2.05) is 30.3 Å². The van der Waals surface area contributed by atoms with Gasteiger partial charge in [-0.05, 0) is 12.0 Å². The van der Waals surface area contributed by atoms with Gasteiger partial charge in [0.1, 0.15) is 0 Å². The third-order valence-electron chi connectivity index (χ3n) is 2.56. The largest absolute Gasteiger partial charge is 0.356 e. The zero-order valence-corrected chi connectivity index (χ0v) is 15.2. The van der Waals surface area contributed by atoms with Gasteiger partial charge in [-0.3, -0.25) is 9.20 Å². The molecule has 20 heavy (non-hydrogen) atoms. The van der Waals surface area contributed by atoms with Crippen molar-refractivity contribution in [2.75, 3.05) is 25.9 Å². The molecule has 0 aliphatic heterocycles. The van der Waals surface area contributed by atoms with Crippen molar-refractivity contribution in [3.63, 3.8) is 0 Å². The standard InChI is InChI=1S/C14H23N3OS.HI/c1-3-9-16-14(15-2)17-10-11-19(18)12-13-7-5-4-6-8-13;/h4-8H,3,9-12H2,1-2H3,(H2,15,16,17);1H. The van der Waals surface area contributed by atoms with Crippen molar-refractivity contribution in [2.24, 2.45) is 4.99 Å². The highest BCUT2D eigenvalue weighted by molar-refractivity contribution is 14.0. The molecule has 6 heteroatoms. The first kappa shape index (κ1) is 19.4. The van der Waals surface area contributed by atoms with E-state index < -0.39 is 10.8 Å². The fourth-order valence-electron chi connectivity index (χ4n) is 1.58. The Bertz CT molecular complexity index is 412. The number of hydrogen-bond acceptors (Lipinski definition) is 2. The van der Waals surface area contributed by atoms with Crippen LogP contribution in [-0.4, -0.2) is 36.1 Å². The van der Waals surface area contributed by atoms with Gasteiger partial charge in [0.05, 0.1) is 0 Å². The summed E-state index contributed by atoms with van der Waals surface area (Å²) >= 11 is 0. The summed E-state index contributed by atoms with van der Waals surface area (Å²) in [7, 11) is 0.902. The zero-order valence-electron chi connectivity index (χ0n) is 12.1. The van der Waals surface area contributed by atoms with Crippen LogP contribution in [0.25, 0.3) is 0 Å². The third kappa shape index (κ3) is 8.52. The number of nitrogens with zero attached hydrogens (tertiary/aromatic N) is 1. The molecule has 1 aromatic rings. The summed E-state index contributed by atoms with van der Waals surface area (Å²) in [5.41, 5.74) is 1.12. The molecule has 0 saturated heterocycles. The Labute approximate surface area is 141 Å². The van der Waals surface area contributed by atoms with Crippen molar-refractivity contribution in [3.05, 3.63) is 35.9 Å². The summed E-state index contributed by atoms with van der Waals surface area (Å²) in [5.74, 6) is 2.02. The first-order chi connectivity index (χ1) is 9.26. The molecular weight excluding hydrogens is 385 g/mol. The van der Waals surface area contributed by atoms with Gasteiger partial charge in [0.2, 0.25) is 0 Å². The van der Waals surface area contributed by atoms with Crippen LogP contribution in [0.3, 0.4) is 0 Å². The zero-order chi connectivity index (χ0) is 13.9. The number of halogens is 1. The molecule has 4 nitrogen and oxygen atoms in total. The molecule has 0 saturated carbocycles. The van der Waals surface area contributed by atoms with Crippen LogP contribution < -0.4 is 10.6 Å². The molecular formula is C14H24IN3OS. The number of hydrogen-bond donors (Lipinski definition) is 2. The Balaban J connectivity index is 0.00000361. The molecule has 1 rings (SSSR count). The van der Waals surface area contributed by atoms with Gasteiger partial charge >= 0.3 is 0 Å². The second-order valence-corrected chi connectivity index (χ2v) is 5.78. The highest BCUT2D eigenvalue weighted by Crippen LogP contribution is 2.02. The van der Waals surface area contributed by atoms with E-state index in [1.165, 1.54) is 0 Å². The van der Waals surface area contributed by atoms with Crippen LogP contribution in [0.15, 0.2) is 35.3 Å². The minimum Gasteiger partial charge on any atom is -0.356 e. The van der Waals surface area contributed by atoms with E-state index in [1.54, 1.807) is 7.05 Å². The van der Waals surface area contributed by atoms with E-state index in [9.17, 15) is 4.21 Å². The van der Waals surface area contributed by atoms with E-state index in [0.717, 1.165) is 24.5 Å². The average molecular weight is 409 g/mol. The van der Waals surface area contributed by atoms with Crippen LogP contribution in [0, 0.1) is 0 Å².